The number of carboxylic acid groups (broad SMARTS) is 1. The van der Waals surface area contributed by atoms with Crippen molar-refractivity contribution in [3.05, 3.63) is 35.4 Å². The van der Waals surface area contributed by atoms with Gasteiger partial charge in [0.2, 0.25) is 5.96 Å². The first-order chi connectivity index (χ1) is 12.7. The molecular weight excluding hydrogens is 366 g/mol. The van der Waals surface area contributed by atoms with E-state index in [1.165, 1.54) is 12.1 Å². The lowest BCUT2D eigenvalue weighted by Gasteiger charge is -2.21. The Morgan fingerprint density at radius 2 is 1.50 bits per heavy atom. The van der Waals surface area contributed by atoms with Crippen LogP contribution in [0.1, 0.15) is 57.5 Å². The van der Waals surface area contributed by atoms with E-state index in [0.717, 1.165) is 0 Å². The Balaban J connectivity index is 2.88. The van der Waals surface area contributed by atoms with Crippen molar-refractivity contribution in [1.29, 1.82) is 0 Å². The first-order valence-corrected chi connectivity index (χ1v) is 8.63. The fraction of sp³-hybridized carbons (Fsp3) is 0.474. The number of carboxylic acids is 1. The molecule has 154 valence electrons. The fourth-order valence-electron chi connectivity index (χ4n) is 1.84. The fourth-order valence-corrected chi connectivity index (χ4v) is 1.84. The number of benzene rings is 1. The summed E-state index contributed by atoms with van der Waals surface area (Å²) in [6.07, 6.45) is -1.67. The van der Waals surface area contributed by atoms with Crippen LogP contribution in [0.4, 0.5) is 9.59 Å². The predicted octanol–water partition coefficient (Wildman–Crippen LogP) is 3.29. The molecule has 0 saturated carbocycles. The normalized spacial score (nSPS) is 12.1. The minimum absolute atomic E-state index is 0.147. The van der Waals surface area contributed by atoms with Crippen LogP contribution in [-0.2, 0) is 16.0 Å². The number of amides is 2. The first-order valence-electron chi connectivity index (χ1n) is 8.63. The zero-order valence-corrected chi connectivity index (χ0v) is 17.0. The predicted molar refractivity (Wildman–Crippen MR) is 103 cm³/mol. The van der Waals surface area contributed by atoms with E-state index in [1.54, 1.807) is 53.7 Å². The van der Waals surface area contributed by atoms with Crippen molar-refractivity contribution in [2.75, 3.05) is 0 Å². The molecule has 1 aromatic rings. The van der Waals surface area contributed by atoms with Crippen LogP contribution in [0.25, 0.3) is 0 Å². The summed E-state index contributed by atoms with van der Waals surface area (Å²) in [6, 6.07) is 6.11. The molecule has 2 amide bonds. The Morgan fingerprint density at radius 3 is 1.96 bits per heavy atom. The maximum Gasteiger partial charge on any atom is 0.437 e. The molecule has 0 unspecified atom stereocenters. The smallest absolute Gasteiger partial charge is 0.437 e. The highest BCUT2D eigenvalue weighted by Crippen LogP contribution is 2.09. The second-order valence-corrected chi connectivity index (χ2v) is 7.92. The molecule has 0 fully saturated rings. The summed E-state index contributed by atoms with van der Waals surface area (Å²) in [6.45, 7) is 10.4. The Bertz CT molecular complexity index is 742. The largest absolute Gasteiger partial charge is 0.478 e. The molecule has 0 spiro atoms. The third-order valence-electron chi connectivity index (χ3n) is 2.88. The maximum atomic E-state index is 12.0. The minimum atomic E-state index is -1.03. The lowest BCUT2D eigenvalue weighted by Crippen LogP contribution is -2.44. The molecule has 0 aliphatic carbocycles. The molecule has 0 saturated heterocycles. The monoisotopic (exact) mass is 393 g/mol. The van der Waals surface area contributed by atoms with Gasteiger partial charge in [-0.25, -0.2) is 14.4 Å². The highest BCUT2D eigenvalue weighted by molar-refractivity contribution is 5.98. The number of carbonyl (C=O) groups excluding carboxylic acids is 2. The van der Waals surface area contributed by atoms with E-state index in [-0.39, 0.29) is 18.1 Å². The Labute approximate surface area is 164 Å². The summed E-state index contributed by atoms with van der Waals surface area (Å²) in [5.74, 6) is -1.18. The van der Waals surface area contributed by atoms with Crippen LogP contribution in [0.2, 0.25) is 0 Å². The zero-order valence-electron chi connectivity index (χ0n) is 17.0. The molecule has 0 aliphatic rings. The topological polar surface area (TPSA) is 126 Å². The van der Waals surface area contributed by atoms with Crippen molar-refractivity contribution in [3.63, 3.8) is 0 Å². The number of ether oxygens (including phenoxy) is 2. The summed E-state index contributed by atoms with van der Waals surface area (Å²) in [5.41, 5.74) is -0.607. The number of rotatable bonds is 3. The standard InChI is InChI=1S/C19H27N3O6/c1-18(2,3)27-16(25)21-15(22-17(26)28-19(4,5)6)20-11-12-7-9-13(10-8-12)14(23)24/h7-10H,11H2,1-6H3,(H,23,24)(H2,20,21,22,25,26). The number of guanidine groups is 1. The van der Waals surface area contributed by atoms with Gasteiger partial charge in [0.1, 0.15) is 11.2 Å². The van der Waals surface area contributed by atoms with Crippen LogP contribution in [0.15, 0.2) is 29.3 Å². The second-order valence-electron chi connectivity index (χ2n) is 7.92. The van der Waals surface area contributed by atoms with E-state index in [2.05, 4.69) is 15.6 Å². The highest BCUT2D eigenvalue weighted by Gasteiger charge is 2.20. The van der Waals surface area contributed by atoms with Gasteiger partial charge < -0.3 is 19.9 Å². The van der Waals surface area contributed by atoms with Crippen LogP contribution < -0.4 is 10.6 Å². The number of nitrogens with one attached hydrogen (secondary N) is 2. The van der Waals surface area contributed by atoms with E-state index in [4.69, 9.17) is 14.6 Å². The van der Waals surface area contributed by atoms with Crippen LogP contribution in [0.5, 0.6) is 0 Å². The van der Waals surface area contributed by atoms with Gasteiger partial charge in [0, 0.05) is 6.54 Å². The first kappa shape index (κ1) is 22.9. The molecule has 0 aromatic heterocycles. The average Bonchev–Trinajstić information content (AvgIpc) is 2.49. The Kier molecular flexibility index (Phi) is 7.54. The molecule has 0 radical (unpaired) electrons. The maximum absolute atomic E-state index is 12.0. The van der Waals surface area contributed by atoms with Gasteiger partial charge in [-0.1, -0.05) is 12.1 Å². The number of alkyl carbamates (subject to hydrolysis) is 1. The van der Waals surface area contributed by atoms with E-state index in [9.17, 15) is 14.4 Å². The van der Waals surface area contributed by atoms with Gasteiger partial charge in [0.15, 0.2) is 0 Å². The van der Waals surface area contributed by atoms with Crippen LogP contribution >= 0.6 is 0 Å². The SMILES string of the molecule is CC(C)(C)OC(=O)/N=C(/NCc1ccc(C(=O)O)cc1)NC(=O)OC(C)(C)C. The summed E-state index contributed by atoms with van der Waals surface area (Å²) in [5, 5.41) is 14.1. The Hall–Kier alpha value is -3.10. The van der Waals surface area contributed by atoms with Crippen LogP contribution in [0, 0.1) is 0 Å². The number of hydrogen-bond donors (Lipinski definition) is 3. The van der Waals surface area contributed by atoms with Gasteiger partial charge >= 0.3 is 18.2 Å². The van der Waals surface area contributed by atoms with Gasteiger partial charge in [-0.3, -0.25) is 5.32 Å². The van der Waals surface area contributed by atoms with Gasteiger partial charge in [0.05, 0.1) is 5.56 Å². The van der Waals surface area contributed by atoms with Crippen molar-refractivity contribution < 1.29 is 29.0 Å². The summed E-state index contributed by atoms with van der Waals surface area (Å²) >= 11 is 0. The quantitative estimate of drug-likeness (QED) is 0.531. The van der Waals surface area contributed by atoms with E-state index in [0.29, 0.717) is 5.56 Å². The average molecular weight is 393 g/mol. The van der Waals surface area contributed by atoms with Crippen LogP contribution in [-0.4, -0.2) is 40.4 Å². The van der Waals surface area contributed by atoms with Gasteiger partial charge in [-0.05, 0) is 59.2 Å². The summed E-state index contributed by atoms with van der Waals surface area (Å²) in [7, 11) is 0. The second kappa shape index (κ2) is 9.20. The molecule has 0 atom stereocenters. The van der Waals surface area contributed by atoms with Gasteiger partial charge in [-0.15, -0.1) is 4.99 Å². The van der Waals surface area contributed by atoms with Gasteiger partial charge in [0.25, 0.3) is 0 Å². The summed E-state index contributed by atoms with van der Waals surface area (Å²) in [4.78, 5) is 38.6. The summed E-state index contributed by atoms with van der Waals surface area (Å²) < 4.78 is 10.3. The molecule has 9 heteroatoms. The molecule has 3 N–H and O–H groups in total. The molecule has 28 heavy (non-hydrogen) atoms. The van der Waals surface area contributed by atoms with Gasteiger partial charge in [-0.2, -0.15) is 0 Å². The third-order valence-corrected chi connectivity index (χ3v) is 2.88. The van der Waals surface area contributed by atoms with Crippen molar-refractivity contribution in [2.24, 2.45) is 4.99 Å². The molecule has 0 heterocycles. The number of nitrogens with zero attached hydrogens (tertiary/aromatic N) is 1. The molecule has 9 nitrogen and oxygen atoms in total. The van der Waals surface area contributed by atoms with Crippen molar-refractivity contribution in [1.82, 2.24) is 10.6 Å². The van der Waals surface area contributed by atoms with Crippen molar-refractivity contribution >= 4 is 24.1 Å². The molecule has 0 bridgehead atoms. The molecular formula is C19H27N3O6. The number of aliphatic imine (C=N–C) groups is 1. The molecule has 1 aromatic carbocycles. The third kappa shape index (κ3) is 9.56. The molecule has 0 aliphatic heterocycles. The van der Waals surface area contributed by atoms with Crippen LogP contribution in [0.3, 0.4) is 0 Å². The van der Waals surface area contributed by atoms with E-state index in [1.807, 2.05) is 0 Å². The van der Waals surface area contributed by atoms with E-state index >= 15 is 0 Å². The molecule has 1 rings (SSSR count). The van der Waals surface area contributed by atoms with E-state index < -0.39 is 29.4 Å². The number of hydrogen-bond acceptors (Lipinski definition) is 5. The van der Waals surface area contributed by atoms with Crippen molar-refractivity contribution in [3.8, 4) is 0 Å². The number of carbonyl (C=O) groups is 3. The van der Waals surface area contributed by atoms with Crippen molar-refractivity contribution in [2.45, 2.75) is 59.3 Å². The highest BCUT2D eigenvalue weighted by atomic mass is 16.6. The minimum Gasteiger partial charge on any atom is -0.478 e. The number of aromatic carboxylic acids is 1. The zero-order chi connectivity index (χ0) is 21.5. The Morgan fingerprint density at radius 1 is 0.964 bits per heavy atom. The lowest BCUT2D eigenvalue weighted by atomic mass is 10.1. The lowest BCUT2D eigenvalue weighted by molar-refractivity contribution is 0.0559.